The zero-order valence-electron chi connectivity index (χ0n) is 21.6. The fraction of sp³-hybridized carbons (Fsp3) is 0.552. The van der Waals surface area contributed by atoms with Crippen LogP contribution in [0.15, 0.2) is 42.5 Å². The molecule has 1 amide bonds. The SMILES string of the molecule is C[C@H](NC(=O)CN(c1ccc(C23CC4CC(CC(C4)C2)C3)cc1)S(C)(=O)=O)c1ccc2c(c1)OCCO2. The quantitative estimate of drug-likeness (QED) is 0.574. The van der Waals surface area contributed by atoms with Crippen molar-refractivity contribution in [3.05, 3.63) is 53.6 Å². The van der Waals surface area contributed by atoms with Gasteiger partial charge in [0.25, 0.3) is 0 Å². The van der Waals surface area contributed by atoms with Crippen molar-refractivity contribution >= 4 is 21.6 Å². The Bertz CT molecular complexity index is 1250. The number of amides is 1. The zero-order valence-corrected chi connectivity index (χ0v) is 22.4. The third-order valence-electron chi connectivity index (χ3n) is 8.94. The lowest BCUT2D eigenvalue weighted by Crippen LogP contribution is -2.48. The van der Waals surface area contributed by atoms with Crippen LogP contribution >= 0.6 is 0 Å². The first-order valence-electron chi connectivity index (χ1n) is 13.5. The fourth-order valence-electron chi connectivity index (χ4n) is 7.68. The number of nitrogens with one attached hydrogen (secondary N) is 1. The van der Waals surface area contributed by atoms with E-state index in [-0.39, 0.29) is 23.9 Å². The first-order chi connectivity index (χ1) is 17.7. The molecule has 37 heavy (non-hydrogen) atoms. The Morgan fingerprint density at radius 1 is 0.973 bits per heavy atom. The van der Waals surface area contributed by atoms with Gasteiger partial charge in [0.1, 0.15) is 19.8 Å². The number of anilines is 1. The topological polar surface area (TPSA) is 84.9 Å². The van der Waals surface area contributed by atoms with Gasteiger partial charge in [-0.05, 0) is 104 Å². The minimum atomic E-state index is -3.65. The molecule has 4 fully saturated rings. The van der Waals surface area contributed by atoms with Crippen molar-refractivity contribution in [2.45, 2.75) is 56.9 Å². The van der Waals surface area contributed by atoms with Crippen LogP contribution in [-0.4, -0.2) is 40.3 Å². The summed E-state index contributed by atoms with van der Waals surface area (Å²) in [5.41, 5.74) is 2.97. The number of hydrogen-bond donors (Lipinski definition) is 1. The van der Waals surface area contributed by atoms with Crippen molar-refractivity contribution in [3.63, 3.8) is 0 Å². The van der Waals surface area contributed by atoms with Gasteiger partial charge in [0, 0.05) is 0 Å². The molecule has 1 atom stereocenters. The van der Waals surface area contributed by atoms with Crippen molar-refractivity contribution < 1.29 is 22.7 Å². The second-order valence-corrected chi connectivity index (χ2v) is 13.6. The van der Waals surface area contributed by atoms with Gasteiger partial charge in [0.15, 0.2) is 11.5 Å². The lowest BCUT2D eigenvalue weighted by molar-refractivity contribution is -0.120. The Morgan fingerprint density at radius 3 is 2.16 bits per heavy atom. The molecule has 4 aliphatic carbocycles. The lowest BCUT2D eigenvalue weighted by Gasteiger charge is -2.57. The van der Waals surface area contributed by atoms with Crippen LogP contribution in [0.25, 0.3) is 0 Å². The summed E-state index contributed by atoms with van der Waals surface area (Å²) in [6.45, 7) is 2.60. The van der Waals surface area contributed by atoms with E-state index in [4.69, 9.17) is 9.47 Å². The van der Waals surface area contributed by atoms with Gasteiger partial charge in [0.2, 0.25) is 15.9 Å². The van der Waals surface area contributed by atoms with Gasteiger partial charge in [-0.1, -0.05) is 18.2 Å². The van der Waals surface area contributed by atoms with E-state index in [1.165, 1.54) is 48.4 Å². The van der Waals surface area contributed by atoms with E-state index in [0.717, 1.165) is 29.6 Å². The normalized spacial score (nSPS) is 28.5. The van der Waals surface area contributed by atoms with Gasteiger partial charge in [0.05, 0.1) is 18.0 Å². The fourth-order valence-corrected chi connectivity index (χ4v) is 8.53. The van der Waals surface area contributed by atoms with E-state index in [9.17, 15) is 13.2 Å². The van der Waals surface area contributed by atoms with Crippen LogP contribution in [-0.2, 0) is 20.2 Å². The summed E-state index contributed by atoms with van der Waals surface area (Å²) in [6.07, 6.45) is 9.09. The molecule has 1 heterocycles. The van der Waals surface area contributed by atoms with Crippen molar-refractivity contribution in [2.24, 2.45) is 17.8 Å². The van der Waals surface area contributed by atoms with Gasteiger partial charge in [-0.3, -0.25) is 9.10 Å². The summed E-state index contributed by atoms with van der Waals surface area (Å²) in [5.74, 6) is 3.52. The summed E-state index contributed by atoms with van der Waals surface area (Å²) in [5, 5.41) is 2.93. The standard InChI is InChI=1S/C29H36N2O5S/c1-19(23-3-8-26-27(14-23)36-10-9-35-26)30-28(32)18-31(37(2,33)34)25-6-4-24(5-7-25)29-15-20-11-21(16-29)13-22(12-20)17-29/h3-8,14,19-22H,9-13,15-18H2,1-2H3,(H,30,32)/t19-,20?,21?,22?,29?/m0/s1. The molecule has 0 radical (unpaired) electrons. The number of hydrogen-bond acceptors (Lipinski definition) is 5. The molecule has 198 valence electrons. The number of carbonyl (C=O) groups is 1. The minimum absolute atomic E-state index is 0.250. The van der Waals surface area contributed by atoms with Gasteiger partial charge in [-0.15, -0.1) is 0 Å². The predicted octanol–water partition coefficient (Wildman–Crippen LogP) is 4.57. The Kier molecular flexibility index (Phi) is 6.13. The van der Waals surface area contributed by atoms with Crippen LogP contribution < -0.4 is 19.1 Å². The highest BCUT2D eigenvalue weighted by Crippen LogP contribution is 2.60. The molecule has 0 spiro atoms. The van der Waals surface area contributed by atoms with E-state index < -0.39 is 10.0 Å². The molecule has 0 saturated heterocycles. The Labute approximate surface area is 219 Å². The van der Waals surface area contributed by atoms with Crippen LogP contribution in [0.5, 0.6) is 11.5 Å². The summed E-state index contributed by atoms with van der Waals surface area (Å²) >= 11 is 0. The van der Waals surface area contributed by atoms with Crippen molar-refractivity contribution in [2.75, 3.05) is 30.3 Å². The molecular weight excluding hydrogens is 488 g/mol. The molecule has 7 rings (SSSR count). The summed E-state index contributed by atoms with van der Waals surface area (Å²) < 4.78 is 37.8. The third kappa shape index (κ3) is 4.80. The van der Waals surface area contributed by atoms with Crippen LogP contribution in [0.2, 0.25) is 0 Å². The monoisotopic (exact) mass is 524 g/mol. The minimum Gasteiger partial charge on any atom is -0.486 e. The Morgan fingerprint density at radius 2 is 1.57 bits per heavy atom. The molecular formula is C29H36N2O5S. The molecule has 2 aromatic rings. The highest BCUT2D eigenvalue weighted by atomic mass is 32.2. The molecule has 2 aromatic carbocycles. The van der Waals surface area contributed by atoms with Crippen LogP contribution in [0.1, 0.15) is 62.6 Å². The van der Waals surface area contributed by atoms with E-state index >= 15 is 0 Å². The van der Waals surface area contributed by atoms with Crippen molar-refractivity contribution in [1.29, 1.82) is 0 Å². The average Bonchev–Trinajstić information content (AvgIpc) is 2.85. The summed E-state index contributed by atoms with van der Waals surface area (Å²) in [7, 11) is -3.65. The molecule has 1 N–H and O–H groups in total. The molecule has 4 bridgehead atoms. The number of sulfonamides is 1. The predicted molar refractivity (Wildman–Crippen MR) is 142 cm³/mol. The lowest BCUT2D eigenvalue weighted by atomic mass is 9.48. The smallest absolute Gasteiger partial charge is 0.241 e. The van der Waals surface area contributed by atoms with Crippen molar-refractivity contribution in [1.82, 2.24) is 5.32 Å². The molecule has 5 aliphatic rings. The Hall–Kier alpha value is -2.74. The third-order valence-corrected chi connectivity index (χ3v) is 10.1. The van der Waals surface area contributed by atoms with Crippen LogP contribution in [0.4, 0.5) is 5.69 Å². The molecule has 4 saturated carbocycles. The first kappa shape index (κ1) is 24.6. The van der Waals surface area contributed by atoms with Crippen LogP contribution in [0.3, 0.4) is 0 Å². The van der Waals surface area contributed by atoms with Gasteiger partial charge in [-0.25, -0.2) is 8.42 Å². The number of benzene rings is 2. The molecule has 0 aromatic heterocycles. The maximum Gasteiger partial charge on any atom is 0.241 e. The number of ether oxygens (including phenoxy) is 2. The van der Waals surface area contributed by atoms with Crippen molar-refractivity contribution in [3.8, 4) is 11.5 Å². The van der Waals surface area contributed by atoms with Gasteiger partial charge >= 0.3 is 0 Å². The molecule has 7 nitrogen and oxygen atoms in total. The molecule has 8 heteroatoms. The zero-order chi connectivity index (χ0) is 25.8. The maximum atomic E-state index is 13.0. The number of rotatable bonds is 7. The van der Waals surface area contributed by atoms with E-state index in [1.54, 1.807) is 0 Å². The molecule has 1 aliphatic heterocycles. The second kappa shape index (κ2) is 9.22. The second-order valence-electron chi connectivity index (χ2n) is 11.7. The molecule has 0 unspecified atom stereocenters. The highest BCUT2D eigenvalue weighted by molar-refractivity contribution is 7.92. The van der Waals surface area contributed by atoms with Gasteiger partial charge in [-0.2, -0.15) is 0 Å². The van der Waals surface area contributed by atoms with Gasteiger partial charge < -0.3 is 14.8 Å². The Balaban J connectivity index is 1.16. The van der Waals surface area contributed by atoms with E-state index in [0.29, 0.717) is 30.4 Å². The highest BCUT2D eigenvalue weighted by Gasteiger charge is 2.51. The first-order valence-corrected chi connectivity index (χ1v) is 15.3. The number of carbonyl (C=O) groups excluding carboxylic acids is 1. The largest absolute Gasteiger partial charge is 0.486 e. The average molecular weight is 525 g/mol. The summed E-state index contributed by atoms with van der Waals surface area (Å²) in [4.78, 5) is 13.0. The number of fused-ring (bicyclic) bond motifs is 1. The van der Waals surface area contributed by atoms with E-state index in [1.807, 2.05) is 37.3 Å². The number of nitrogens with zero attached hydrogens (tertiary/aromatic N) is 1. The summed E-state index contributed by atoms with van der Waals surface area (Å²) in [6, 6.07) is 13.2. The van der Waals surface area contributed by atoms with Crippen LogP contribution in [0, 0.1) is 17.8 Å². The maximum absolute atomic E-state index is 13.0. The van der Waals surface area contributed by atoms with E-state index in [2.05, 4.69) is 17.4 Å².